The summed E-state index contributed by atoms with van der Waals surface area (Å²) < 4.78 is 6.20. The molecule has 0 aliphatic carbocycles. The number of carbonyl (C=O) groups excluding carboxylic acids is 2. The summed E-state index contributed by atoms with van der Waals surface area (Å²) in [7, 11) is 1.75. The Hall–Kier alpha value is -3.37. The molecule has 2 aromatic rings. The van der Waals surface area contributed by atoms with Gasteiger partial charge >= 0.3 is 0 Å². The van der Waals surface area contributed by atoms with Crippen molar-refractivity contribution in [3.8, 4) is 17.7 Å². The van der Waals surface area contributed by atoms with E-state index in [1.54, 1.807) is 36.0 Å². The first-order chi connectivity index (χ1) is 15.8. The van der Waals surface area contributed by atoms with Crippen molar-refractivity contribution < 1.29 is 19.4 Å². The minimum Gasteiger partial charge on any atom is -0.472 e. The van der Waals surface area contributed by atoms with Crippen LogP contribution in [-0.4, -0.2) is 70.6 Å². The van der Waals surface area contributed by atoms with E-state index in [4.69, 9.17) is 4.74 Å². The maximum atomic E-state index is 13.4. The van der Waals surface area contributed by atoms with E-state index in [0.717, 1.165) is 5.56 Å². The molecule has 1 aliphatic heterocycles. The fraction of sp³-hybridized carbons (Fsp3) is 0.423. The maximum absolute atomic E-state index is 13.4. The van der Waals surface area contributed by atoms with Gasteiger partial charge in [-0.25, -0.2) is 4.98 Å². The van der Waals surface area contributed by atoms with Crippen LogP contribution in [0.25, 0.3) is 0 Å². The lowest BCUT2D eigenvalue weighted by Gasteiger charge is -2.37. The molecule has 33 heavy (non-hydrogen) atoms. The fourth-order valence-corrected chi connectivity index (χ4v) is 3.70. The van der Waals surface area contributed by atoms with Crippen LogP contribution in [0.4, 0.5) is 0 Å². The van der Waals surface area contributed by atoms with Gasteiger partial charge in [0.25, 0.3) is 5.91 Å². The van der Waals surface area contributed by atoms with E-state index in [-0.39, 0.29) is 42.4 Å². The van der Waals surface area contributed by atoms with Crippen LogP contribution in [-0.2, 0) is 4.79 Å². The number of fused-ring (bicyclic) bond motifs is 1. The molecule has 1 aromatic heterocycles. The Morgan fingerprint density at radius 3 is 2.67 bits per heavy atom. The van der Waals surface area contributed by atoms with E-state index in [2.05, 4.69) is 16.8 Å². The predicted octanol–water partition coefficient (Wildman–Crippen LogP) is 2.57. The minimum absolute atomic E-state index is 0.0178. The molecule has 1 aliphatic rings. The number of amides is 2. The molecule has 2 amide bonds. The van der Waals surface area contributed by atoms with Crippen LogP contribution < -0.4 is 4.74 Å². The van der Waals surface area contributed by atoms with E-state index >= 15 is 0 Å². The lowest BCUT2D eigenvalue weighted by molar-refractivity contribution is -0.131. The summed E-state index contributed by atoms with van der Waals surface area (Å²) in [5.41, 5.74) is 1.76. The number of aliphatic hydroxyl groups excluding tert-OH is 1. The fourth-order valence-electron chi connectivity index (χ4n) is 3.70. The number of ether oxygens (including phenoxy) is 1. The van der Waals surface area contributed by atoms with Crippen LogP contribution in [0.2, 0.25) is 0 Å². The zero-order valence-electron chi connectivity index (χ0n) is 19.6. The predicted molar refractivity (Wildman–Crippen MR) is 126 cm³/mol. The van der Waals surface area contributed by atoms with Gasteiger partial charge in [0, 0.05) is 43.3 Å². The molecule has 7 heteroatoms. The number of aliphatic hydroxyl groups is 1. The Kier molecular flexibility index (Phi) is 8.07. The highest BCUT2D eigenvalue weighted by Crippen LogP contribution is 2.27. The molecule has 0 fully saturated rings. The van der Waals surface area contributed by atoms with E-state index in [1.165, 1.54) is 0 Å². The van der Waals surface area contributed by atoms with Gasteiger partial charge in [0.15, 0.2) is 0 Å². The second-order valence-corrected chi connectivity index (χ2v) is 8.44. The molecule has 0 unspecified atom stereocenters. The average Bonchev–Trinajstić information content (AvgIpc) is 2.84. The SMILES string of the molecule is CCC(=O)N(C)C[C@@H]1Oc2ncc(C#Cc3ccccc3)cc2C(=O)N([C@@H](C)CO)C[C@H]1C. The van der Waals surface area contributed by atoms with Crippen LogP contribution in [0.5, 0.6) is 5.88 Å². The van der Waals surface area contributed by atoms with Crippen molar-refractivity contribution in [1.82, 2.24) is 14.8 Å². The van der Waals surface area contributed by atoms with Crippen molar-refractivity contribution in [1.29, 1.82) is 0 Å². The van der Waals surface area contributed by atoms with Gasteiger partial charge < -0.3 is 19.6 Å². The summed E-state index contributed by atoms with van der Waals surface area (Å²) >= 11 is 0. The van der Waals surface area contributed by atoms with Gasteiger partial charge in [-0.05, 0) is 25.1 Å². The van der Waals surface area contributed by atoms with Gasteiger partial charge in [-0.3, -0.25) is 9.59 Å². The summed E-state index contributed by atoms with van der Waals surface area (Å²) in [6, 6.07) is 10.9. The normalized spacial score (nSPS) is 18.7. The Balaban J connectivity index is 1.98. The van der Waals surface area contributed by atoms with E-state index < -0.39 is 0 Å². The van der Waals surface area contributed by atoms with Crippen LogP contribution in [0.3, 0.4) is 0 Å². The number of pyridine rings is 1. The van der Waals surface area contributed by atoms with E-state index in [0.29, 0.717) is 30.6 Å². The largest absolute Gasteiger partial charge is 0.472 e. The molecule has 7 nitrogen and oxygen atoms in total. The highest BCUT2D eigenvalue weighted by Gasteiger charge is 2.34. The number of hydrogen-bond acceptors (Lipinski definition) is 5. The van der Waals surface area contributed by atoms with Gasteiger partial charge in [-0.1, -0.05) is 43.9 Å². The Labute approximate surface area is 195 Å². The Morgan fingerprint density at radius 2 is 2.00 bits per heavy atom. The molecule has 3 atom stereocenters. The highest BCUT2D eigenvalue weighted by atomic mass is 16.5. The number of likely N-dealkylation sites (N-methyl/N-ethyl adjacent to an activating group) is 1. The quantitative estimate of drug-likeness (QED) is 0.710. The standard InChI is InChI=1S/C26H31N3O4/c1-5-24(31)28(4)16-23-18(2)15-29(19(3)17-30)26(32)22-13-21(14-27-25(22)33-23)12-11-20-9-7-6-8-10-20/h6-10,13-14,18-19,23,30H,5,15-17H2,1-4H3/t18-,19+,23+/m1/s1. The van der Waals surface area contributed by atoms with Crippen molar-refractivity contribution in [2.75, 3.05) is 26.7 Å². The van der Waals surface area contributed by atoms with E-state index in [1.807, 2.05) is 44.2 Å². The molecule has 0 saturated carbocycles. The molecular weight excluding hydrogens is 418 g/mol. The summed E-state index contributed by atoms with van der Waals surface area (Å²) in [5, 5.41) is 9.77. The molecular formula is C26H31N3O4. The zero-order chi connectivity index (χ0) is 24.0. The Bertz CT molecular complexity index is 1040. The third-order valence-electron chi connectivity index (χ3n) is 5.83. The van der Waals surface area contributed by atoms with Crippen molar-refractivity contribution in [3.05, 3.63) is 59.3 Å². The lowest BCUT2D eigenvalue weighted by Crippen LogP contribution is -2.50. The second-order valence-electron chi connectivity index (χ2n) is 8.44. The van der Waals surface area contributed by atoms with Crippen molar-refractivity contribution in [3.63, 3.8) is 0 Å². The monoisotopic (exact) mass is 449 g/mol. The smallest absolute Gasteiger partial charge is 0.259 e. The van der Waals surface area contributed by atoms with Gasteiger partial charge in [-0.2, -0.15) is 0 Å². The molecule has 0 bridgehead atoms. The average molecular weight is 450 g/mol. The number of benzene rings is 1. The zero-order valence-corrected chi connectivity index (χ0v) is 19.6. The van der Waals surface area contributed by atoms with Gasteiger partial charge in [0.1, 0.15) is 11.7 Å². The first-order valence-corrected chi connectivity index (χ1v) is 11.2. The van der Waals surface area contributed by atoms with Crippen molar-refractivity contribution >= 4 is 11.8 Å². The van der Waals surface area contributed by atoms with Crippen molar-refractivity contribution in [2.45, 2.75) is 39.3 Å². The van der Waals surface area contributed by atoms with Gasteiger partial charge in [-0.15, -0.1) is 0 Å². The summed E-state index contributed by atoms with van der Waals surface area (Å²) in [5.74, 6) is 6.03. The summed E-state index contributed by atoms with van der Waals surface area (Å²) in [6.07, 6.45) is 1.63. The number of carbonyl (C=O) groups is 2. The summed E-state index contributed by atoms with van der Waals surface area (Å²) in [6.45, 7) is 6.21. The Morgan fingerprint density at radius 1 is 1.30 bits per heavy atom. The third kappa shape index (κ3) is 5.91. The summed E-state index contributed by atoms with van der Waals surface area (Å²) in [4.78, 5) is 33.3. The number of aromatic nitrogens is 1. The van der Waals surface area contributed by atoms with Gasteiger partial charge in [0.2, 0.25) is 11.8 Å². The molecule has 0 spiro atoms. The topological polar surface area (TPSA) is 83.0 Å². The number of hydrogen-bond donors (Lipinski definition) is 1. The van der Waals surface area contributed by atoms with Crippen LogP contribution in [0.15, 0.2) is 42.6 Å². The van der Waals surface area contributed by atoms with Crippen molar-refractivity contribution in [2.24, 2.45) is 5.92 Å². The maximum Gasteiger partial charge on any atom is 0.259 e. The number of rotatable bonds is 5. The van der Waals surface area contributed by atoms with Crippen LogP contribution in [0.1, 0.15) is 48.7 Å². The molecule has 1 aromatic carbocycles. The molecule has 174 valence electrons. The minimum atomic E-state index is -0.374. The van der Waals surface area contributed by atoms with Crippen LogP contribution in [0, 0.1) is 17.8 Å². The molecule has 0 radical (unpaired) electrons. The van der Waals surface area contributed by atoms with E-state index in [9.17, 15) is 14.7 Å². The van der Waals surface area contributed by atoms with Gasteiger partial charge in [0.05, 0.1) is 19.2 Å². The molecule has 2 heterocycles. The molecule has 0 saturated heterocycles. The highest BCUT2D eigenvalue weighted by molar-refractivity contribution is 5.97. The lowest BCUT2D eigenvalue weighted by atomic mass is 9.99. The second kappa shape index (κ2) is 11.0. The third-order valence-corrected chi connectivity index (χ3v) is 5.83. The van der Waals surface area contributed by atoms with Crippen LogP contribution >= 0.6 is 0 Å². The number of nitrogens with zero attached hydrogens (tertiary/aromatic N) is 3. The first-order valence-electron chi connectivity index (χ1n) is 11.2. The molecule has 3 rings (SSSR count). The first kappa shape index (κ1) is 24.3. The molecule has 1 N–H and O–H groups in total.